The topological polar surface area (TPSA) is 72.5 Å². The molecule has 0 unspecified atom stereocenters. The molecule has 0 bridgehead atoms. The first kappa shape index (κ1) is 19.1. The predicted octanol–water partition coefficient (Wildman–Crippen LogP) is 2.83. The highest BCUT2D eigenvalue weighted by Gasteiger charge is 2.17. The van der Waals surface area contributed by atoms with Crippen molar-refractivity contribution in [2.75, 3.05) is 7.11 Å². The van der Waals surface area contributed by atoms with Crippen molar-refractivity contribution in [3.05, 3.63) is 65.2 Å². The van der Waals surface area contributed by atoms with Crippen LogP contribution in [0.4, 0.5) is 0 Å². The van der Waals surface area contributed by atoms with Gasteiger partial charge in [-0.25, -0.2) is 13.1 Å². The third-order valence-electron chi connectivity index (χ3n) is 3.69. The second-order valence-corrected chi connectivity index (χ2v) is 7.53. The van der Waals surface area contributed by atoms with Crippen LogP contribution in [0.2, 0.25) is 0 Å². The zero-order valence-electron chi connectivity index (χ0n) is 14.5. The summed E-state index contributed by atoms with van der Waals surface area (Å²) in [6.45, 7) is 2.50. The Labute approximate surface area is 149 Å². The Balaban J connectivity index is 2.04. The van der Waals surface area contributed by atoms with Crippen LogP contribution in [-0.2, 0) is 39.0 Å². The molecule has 0 aliphatic rings. The van der Waals surface area contributed by atoms with Crippen molar-refractivity contribution in [3.63, 3.8) is 0 Å². The van der Waals surface area contributed by atoms with E-state index >= 15 is 0 Å². The van der Waals surface area contributed by atoms with Gasteiger partial charge in [-0.15, -0.1) is 0 Å². The first-order valence-corrected chi connectivity index (χ1v) is 9.64. The number of sulfonamides is 1. The minimum Gasteiger partial charge on any atom is -0.380 e. The number of aryl methyl sites for hydroxylation is 1. The van der Waals surface area contributed by atoms with Crippen LogP contribution in [-0.4, -0.2) is 21.4 Å². The van der Waals surface area contributed by atoms with Gasteiger partial charge in [-0.05, 0) is 35.2 Å². The number of amides is 1. The summed E-state index contributed by atoms with van der Waals surface area (Å²) in [6.07, 6.45) is 1.88. The Morgan fingerprint density at radius 3 is 2.36 bits per heavy atom. The Morgan fingerprint density at radius 2 is 1.72 bits per heavy atom. The van der Waals surface area contributed by atoms with Gasteiger partial charge in [-0.2, -0.15) is 0 Å². The first-order valence-electron chi connectivity index (χ1n) is 8.16. The number of carbonyl (C=O) groups excluding carboxylic acids is 1. The summed E-state index contributed by atoms with van der Waals surface area (Å²) < 4.78 is 31.8. The van der Waals surface area contributed by atoms with Crippen LogP contribution in [0.1, 0.15) is 30.0 Å². The summed E-state index contributed by atoms with van der Waals surface area (Å²) in [5.41, 5.74) is 2.74. The van der Waals surface area contributed by atoms with Crippen molar-refractivity contribution in [2.45, 2.75) is 37.7 Å². The maximum Gasteiger partial charge on any atom is 0.264 e. The monoisotopic (exact) mass is 361 g/mol. The average molecular weight is 361 g/mol. The van der Waals surface area contributed by atoms with Gasteiger partial charge in [0.05, 0.1) is 17.9 Å². The summed E-state index contributed by atoms with van der Waals surface area (Å²) in [4.78, 5) is 12.2. The first-order chi connectivity index (χ1) is 11.9. The zero-order valence-corrected chi connectivity index (χ0v) is 15.3. The molecule has 0 aliphatic carbocycles. The lowest BCUT2D eigenvalue weighted by molar-refractivity contribution is -0.118. The van der Waals surface area contributed by atoms with E-state index in [0.717, 1.165) is 29.5 Å². The van der Waals surface area contributed by atoms with Gasteiger partial charge >= 0.3 is 0 Å². The molecule has 0 aliphatic heterocycles. The van der Waals surface area contributed by atoms with Gasteiger partial charge in [0, 0.05) is 7.11 Å². The number of hydrogen-bond acceptors (Lipinski definition) is 4. The van der Waals surface area contributed by atoms with Crippen molar-refractivity contribution < 1.29 is 17.9 Å². The van der Waals surface area contributed by atoms with Crippen molar-refractivity contribution in [1.82, 2.24) is 4.72 Å². The molecule has 1 amide bonds. The Hall–Kier alpha value is -2.18. The van der Waals surface area contributed by atoms with Gasteiger partial charge in [-0.3, -0.25) is 4.79 Å². The van der Waals surface area contributed by atoms with Crippen LogP contribution in [0.5, 0.6) is 0 Å². The third-order valence-corrected chi connectivity index (χ3v) is 5.08. The molecule has 6 heteroatoms. The number of methoxy groups -OCH3 is 1. The number of carbonyl (C=O) groups is 1. The molecule has 0 saturated carbocycles. The lowest BCUT2D eigenvalue weighted by Gasteiger charge is -2.09. The SMILES string of the molecule is CCCc1ccc(S(=O)(=O)NC(=O)Cc2cccc(COC)c2)cc1. The molecule has 1 N–H and O–H groups in total. The van der Waals surface area contributed by atoms with Crippen molar-refractivity contribution in [2.24, 2.45) is 0 Å². The fourth-order valence-electron chi connectivity index (χ4n) is 2.55. The van der Waals surface area contributed by atoms with E-state index in [1.54, 1.807) is 25.3 Å². The largest absolute Gasteiger partial charge is 0.380 e. The predicted molar refractivity (Wildman–Crippen MR) is 96.6 cm³/mol. The highest BCUT2D eigenvalue weighted by atomic mass is 32.2. The minimum absolute atomic E-state index is 0.00922. The van der Waals surface area contributed by atoms with Crippen molar-refractivity contribution >= 4 is 15.9 Å². The molecule has 2 aromatic rings. The third kappa shape index (κ3) is 5.69. The lowest BCUT2D eigenvalue weighted by Crippen LogP contribution is -2.31. The van der Waals surface area contributed by atoms with Gasteiger partial charge in [0.25, 0.3) is 10.0 Å². The number of nitrogens with one attached hydrogen (secondary N) is 1. The second kappa shape index (κ2) is 8.78. The molecule has 2 aromatic carbocycles. The fourth-order valence-corrected chi connectivity index (χ4v) is 3.53. The number of ether oxygens (including phenoxy) is 1. The molecule has 2 rings (SSSR count). The average Bonchev–Trinajstić information content (AvgIpc) is 2.55. The Morgan fingerprint density at radius 1 is 1.04 bits per heavy atom. The van der Waals surface area contributed by atoms with E-state index in [2.05, 4.69) is 11.6 Å². The van der Waals surface area contributed by atoms with E-state index in [4.69, 9.17) is 4.74 Å². The smallest absolute Gasteiger partial charge is 0.264 e. The molecule has 0 heterocycles. The molecule has 134 valence electrons. The maximum absolute atomic E-state index is 12.3. The van der Waals surface area contributed by atoms with Crippen LogP contribution < -0.4 is 4.72 Å². The van der Waals surface area contributed by atoms with Crippen molar-refractivity contribution in [3.8, 4) is 0 Å². The zero-order chi connectivity index (χ0) is 18.3. The molecule has 0 saturated heterocycles. The standard InChI is InChI=1S/C19H23NO4S/c1-3-5-15-8-10-18(11-9-15)25(22,23)20-19(21)13-16-6-4-7-17(12-16)14-24-2/h4,6-12H,3,5,13-14H2,1-2H3,(H,20,21). The number of rotatable bonds is 8. The van der Waals surface area contributed by atoms with Crippen LogP contribution >= 0.6 is 0 Å². The maximum atomic E-state index is 12.3. The summed E-state index contributed by atoms with van der Waals surface area (Å²) in [5, 5.41) is 0. The highest BCUT2D eigenvalue weighted by Crippen LogP contribution is 2.13. The van der Waals surface area contributed by atoms with Crippen LogP contribution in [0.3, 0.4) is 0 Å². The Bertz CT molecular complexity index is 814. The minimum atomic E-state index is -3.86. The van der Waals surface area contributed by atoms with Gasteiger partial charge in [0.15, 0.2) is 0 Å². The fraction of sp³-hybridized carbons (Fsp3) is 0.316. The van der Waals surface area contributed by atoms with Gasteiger partial charge in [-0.1, -0.05) is 49.7 Å². The molecule has 5 nitrogen and oxygen atoms in total. The molecule has 0 spiro atoms. The van der Waals surface area contributed by atoms with Crippen LogP contribution in [0, 0.1) is 0 Å². The van der Waals surface area contributed by atoms with Crippen LogP contribution in [0.25, 0.3) is 0 Å². The summed E-state index contributed by atoms with van der Waals surface area (Å²) in [6, 6.07) is 13.9. The molecule has 0 atom stereocenters. The molecule has 0 aromatic heterocycles. The molecule has 25 heavy (non-hydrogen) atoms. The van der Waals surface area contributed by atoms with Gasteiger partial charge in [0.2, 0.25) is 5.91 Å². The summed E-state index contributed by atoms with van der Waals surface area (Å²) in [5.74, 6) is -0.563. The Kier molecular flexibility index (Phi) is 6.73. The number of benzene rings is 2. The van der Waals surface area contributed by atoms with E-state index < -0.39 is 15.9 Å². The molecular formula is C19H23NO4S. The number of hydrogen-bond donors (Lipinski definition) is 1. The highest BCUT2D eigenvalue weighted by molar-refractivity contribution is 7.90. The second-order valence-electron chi connectivity index (χ2n) is 5.85. The molecule has 0 radical (unpaired) electrons. The summed E-state index contributed by atoms with van der Waals surface area (Å²) >= 11 is 0. The van der Waals surface area contributed by atoms with E-state index in [1.165, 1.54) is 12.1 Å². The quantitative estimate of drug-likeness (QED) is 0.785. The lowest BCUT2D eigenvalue weighted by atomic mass is 10.1. The van der Waals surface area contributed by atoms with E-state index in [1.807, 2.05) is 18.2 Å². The van der Waals surface area contributed by atoms with E-state index in [0.29, 0.717) is 6.61 Å². The van der Waals surface area contributed by atoms with Crippen molar-refractivity contribution in [1.29, 1.82) is 0 Å². The van der Waals surface area contributed by atoms with Crippen LogP contribution in [0.15, 0.2) is 53.4 Å². The van der Waals surface area contributed by atoms with Gasteiger partial charge < -0.3 is 4.74 Å². The van der Waals surface area contributed by atoms with Gasteiger partial charge in [0.1, 0.15) is 0 Å². The summed E-state index contributed by atoms with van der Waals surface area (Å²) in [7, 11) is -2.26. The molecular weight excluding hydrogens is 338 g/mol. The van der Waals surface area contributed by atoms with E-state index in [-0.39, 0.29) is 11.3 Å². The van der Waals surface area contributed by atoms with E-state index in [9.17, 15) is 13.2 Å². The molecule has 0 fully saturated rings. The normalized spacial score (nSPS) is 11.3.